The average Bonchev–Trinajstić information content (AvgIpc) is 3.28. The minimum Gasteiger partial charge on any atom is -0.497 e. The Bertz CT molecular complexity index is 995. The van der Waals surface area contributed by atoms with E-state index in [0.29, 0.717) is 18.8 Å². The lowest BCUT2D eigenvalue weighted by Gasteiger charge is -2.20. The van der Waals surface area contributed by atoms with E-state index in [0.717, 1.165) is 29.2 Å². The first kappa shape index (κ1) is 21.5. The first-order valence-electron chi connectivity index (χ1n) is 10.0. The number of amides is 1. The number of benzene rings is 1. The van der Waals surface area contributed by atoms with Gasteiger partial charge >= 0.3 is 0 Å². The van der Waals surface area contributed by atoms with E-state index >= 15 is 0 Å². The van der Waals surface area contributed by atoms with Crippen LogP contribution in [0.2, 0.25) is 0 Å². The highest BCUT2D eigenvalue weighted by Crippen LogP contribution is 2.19. The molecule has 9 nitrogen and oxygen atoms in total. The summed E-state index contributed by atoms with van der Waals surface area (Å²) in [6.07, 6.45) is 0.459. The normalized spacial score (nSPS) is 13.1. The molecule has 0 unspecified atom stereocenters. The van der Waals surface area contributed by atoms with Crippen molar-refractivity contribution in [2.75, 3.05) is 13.7 Å². The molecule has 0 radical (unpaired) electrons. The van der Waals surface area contributed by atoms with Gasteiger partial charge in [0.05, 0.1) is 12.8 Å². The van der Waals surface area contributed by atoms with Crippen molar-refractivity contribution in [2.45, 2.75) is 46.7 Å². The summed E-state index contributed by atoms with van der Waals surface area (Å²) in [4.78, 5) is 13.1. The summed E-state index contributed by atoms with van der Waals surface area (Å²) in [5, 5.41) is 19.3. The molecule has 9 heteroatoms. The van der Waals surface area contributed by atoms with Gasteiger partial charge in [-0.3, -0.25) is 9.48 Å². The smallest absolute Gasteiger partial charge is 0.245 e. The van der Waals surface area contributed by atoms with E-state index in [1.165, 1.54) is 0 Å². The molecule has 0 aliphatic carbocycles. The highest BCUT2D eigenvalue weighted by atomic mass is 16.5. The molecule has 0 spiro atoms. The van der Waals surface area contributed by atoms with Gasteiger partial charge in [0.25, 0.3) is 0 Å². The van der Waals surface area contributed by atoms with Crippen molar-refractivity contribution in [2.24, 2.45) is 5.92 Å². The number of nitrogens with one attached hydrogen (secondary N) is 1. The molecular formula is C21H29N7O2. The van der Waals surface area contributed by atoms with Gasteiger partial charge in [0, 0.05) is 25.2 Å². The number of aryl methyl sites for hydroxylation is 3. The summed E-state index contributed by atoms with van der Waals surface area (Å²) in [5.74, 6) is 1.44. The number of hydrogen-bond acceptors (Lipinski definition) is 6. The predicted octanol–water partition coefficient (Wildman–Crippen LogP) is 2.04. The summed E-state index contributed by atoms with van der Waals surface area (Å²) in [5.41, 5.74) is 3.09. The third-order valence-electron chi connectivity index (χ3n) is 5.03. The monoisotopic (exact) mass is 411 g/mol. The number of tetrazole rings is 1. The molecule has 3 aromatic rings. The Morgan fingerprint density at radius 1 is 1.23 bits per heavy atom. The van der Waals surface area contributed by atoms with Crippen molar-refractivity contribution in [1.29, 1.82) is 0 Å². The average molecular weight is 412 g/mol. The second-order valence-electron chi connectivity index (χ2n) is 7.70. The molecule has 0 saturated carbocycles. The molecule has 0 aliphatic rings. The maximum Gasteiger partial charge on any atom is 0.245 e. The number of rotatable bonds is 9. The number of carbonyl (C=O) groups excluding carboxylic acids is 1. The summed E-state index contributed by atoms with van der Waals surface area (Å²) in [6.45, 7) is 9.17. The molecule has 0 bridgehead atoms. The SMILES string of the molecule is COc1cccc(C[C@H](C(=O)NC[C@@H](C)Cn2nc(C)cc2C)n2nnnc2C)c1. The molecule has 1 N–H and O–H groups in total. The zero-order valence-corrected chi connectivity index (χ0v) is 18.2. The van der Waals surface area contributed by atoms with Crippen LogP contribution in [0.4, 0.5) is 0 Å². The Hall–Kier alpha value is -3.23. The van der Waals surface area contributed by atoms with Gasteiger partial charge in [-0.05, 0) is 60.9 Å². The van der Waals surface area contributed by atoms with Crippen molar-refractivity contribution in [3.8, 4) is 5.75 Å². The van der Waals surface area contributed by atoms with Crippen molar-refractivity contribution >= 4 is 5.91 Å². The van der Waals surface area contributed by atoms with Gasteiger partial charge in [-0.15, -0.1) is 5.10 Å². The van der Waals surface area contributed by atoms with Crippen LogP contribution in [0.5, 0.6) is 5.75 Å². The lowest BCUT2D eigenvalue weighted by atomic mass is 10.0. The zero-order valence-electron chi connectivity index (χ0n) is 18.2. The third kappa shape index (κ3) is 5.22. The summed E-state index contributed by atoms with van der Waals surface area (Å²) in [7, 11) is 1.62. The molecule has 30 heavy (non-hydrogen) atoms. The molecule has 160 valence electrons. The van der Waals surface area contributed by atoms with Gasteiger partial charge in [-0.2, -0.15) is 5.10 Å². The fourth-order valence-electron chi connectivity index (χ4n) is 3.45. The fourth-order valence-corrected chi connectivity index (χ4v) is 3.45. The maximum atomic E-state index is 13.1. The molecule has 0 saturated heterocycles. The van der Waals surface area contributed by atoms with E-state index < -0.39 is 6.04 Å². The first-order valence-corrected chi connectivity index (χ1v) is 10.0. The number of aromatic nitrogens is 6. The van der Waals surface area contributed by atoms with E-state index in [1.54, 1.807) is 18.7 Å². The Kier molecular flexibility index (Phi) is 6.81. The minimum atomic E-state index is -0.548. The predicted molar refractivity (Wildman–Crippen MR) is 112 cm³/mol. The van der Waals surface area contributed by atoms with Crippen LogP contribution < -0.4 is 10.1 Å². The number of nitrogens with zero attached hydrogens (tertiary/aromatic N) is 6. The van der Waals surface area contributed by atoms with E-state index in [1.807, 2.05) is 42.8 Å². The molecule has 1 amide bonds. The van der Waals surface area contributed by atoms with Crippen LogP contribution in [-0.2, 0) is 17.8 Å². The molecule has 2 atom stereocenters. The number of ether oxygens (including phenoxy) is 1. The van der Waals surface area contributed by atoms with Gasteiger partial charge in [0.2, 0.25) is 5.91 Å². The van der Waals surface area contributed by atoms with E-state index in [9.17, 15) is 4.79 Å². The van der Waals surface area contributed by atoms with Crippen molar-refractivity contribution in [3.63, 3.8) is 0 Å². The number of methoxy groups -OCH3 is 1. The van der Waals surface area contributed by atoms with Crippen LogP contribution in [0, 0.1) is 26.7 Å². The van der Waals surface area contributed by atoms with Crippen molar-refractivity contribution in [1.82, 2.24) is 35.3 Å². The van der Waals surface area contributed by atoms with Crippen LogP contribution in [-0.4, -0.2) is 49.5 Å². The highest BCUT2D eigenvalue weighted by molar-refractivity contribution is 5.80. The minimum absolute atomic E-state index is 0.117. The van der Waals surface area contributed by atoms with Gasteiger partial charge in [0.15, 0.2) is 0 Å². The first-order chi connectivity index (χ1) is 14.4. The largest absolute Gasteiger partial charge is 0.497 e. The Labute approximate surface area is 176 Å². The summed E-state index contributed by atoms with van der Waals surface area (Å²) in [6, 6.07) is 9.18. The Morgan fingerprint density at radius 2 is 2.03 bits per heavy atom. The lowest BCUT2D eigenvalue weighted by Crippen LogP contribution is -2.38. The Balaban J connectivity index is 1.69. The van der Waals surface area contributed by atoms with Crippen molar-refractivity contribution < 1.29 is 9.53 Å². The standard InChI is InChI=1S/C21H29N7O2/c1-14(13-27-16(3)9-15(2)24-27)12-22-21(29)20(28-17(4)23-25-26-28)11-18-7-6-8-19(10-18)30-5/h6-10,14,20H,11-13H2,1-5H3,(H,22,29)/t14-,20-/m1/s1. The second kappa shape index (κ2) is 9.51. The van der Waals surface area contributed by atoms with E-state index in [-0.39, 0.29) is 11.8 Å². The molecule has 2 heterocycles. The fraction of sp³-hybridized carbons (Fsp3) is 0.476. The second-order valence-corrected chi connectivity index (χ2v) is 7.70. The van der Waals surface area contributed by atoms with Crippen LogP contribution in [0.15, 0.2) is 30.3 Å². The maximum absolute atomic E-state index is 13.1. The van der Waals surface area contributed by atoms with Gasteiger partial charge in [-0.25, -0.2) is 4.68 Å². The van der Waals surface area contributed by atoms with E-state index in [2.05, 4.69) is 38.9 Å². The van der Waals surface area contributed by atoms with Crippen LogP contribution in [0.25, 0.3) is 0 Å². The van der Waals surface area contributed by atoms with Crippen LogP contribution in [0.3, 0.4) is 0 Å². The summed E-state index contributed by atoms with van der Waals surface area (Å²) < 4.78 is 8.85. The van der Waals surface area contributed by atoms with Crippen molar-refractivity contribution in [3.05, 3.63) is 53.1 Å². The van der Waals surface area contributed by atoms with Gasteiger partial charge in [0.1, 0.15) is 17.6 Å². The zero-order chi connectivity index (χ0) is 21.7. The highest BCUT2D eigenvalue weighted by Gasteiger charge is 2.24. The molecule has 2 aromatic heterocycles. The molecule has 3 rings (SSSR count). The summed E-state index contributed by atoms with van der Waals surface area (Å²) >= 11 is 0. The third-order valence-corrected chi connectivity index (χ3v) is 5.03. The number of carbonyl (C=O) groups is 1. The molecule has 0 aliphatic heterocycles. The lowest BCUT2D eigenvalue weighted by molar-refractivity contribution is -0.124. The molecule has 1 aromatic carbocycles. The number of hydrogen-bond donors (Lipinski definition) is 1. The van der Waals surface area contributed by atoms with E-state index in [4.69, 9.17) is 4.74 Å². The van der Waals surface area contributed by atoms with Gasteiger partial charge < -0.3 is 10.1 Å². The Morgan fingerprint density at radius 3 is 2.67 bits per heavy atom. The van der Waals surface area contributed by atoms with Crippen LogP contribution >= 0.6 is 0 Å². The quantitative estimate of drug-likeness (QED) is 0.578. The topological polar surface area (TPSA) is 99.8 Å². The molecular weight excluding hydrogens is 382 g/mol. The van der Waals surface area contributed by atoms with Crippen LogP contribution in [0.1, 0.15) is 35.7 Å². The molecule has 0 fully saturated rings. The van der Waals surface area contributed by atoms with Gasteiger partial charge in [-0.1, -0.05) is 19.1 Å².